The molecular weight excluding hydrogens is 216 g/mol. The number of anilines is 1. The number of alkyl halides is 1. The van der Waals surface area contributed by atoms with Crippen molar-refractivity contribution >= 4 is 23.1 Å². The van der Waals surface area contributed by atoms with Crippen molar-refractivity contribution < 1.29 is 0 Å². The van der Waals surface area contributed by atoms with Crippen LogP contribution in [0.5, 0.6) is 0 Å². The quantitative estimate of drug-likeness (QED) is 0.790. The van der Waals surface area contributed by atoms with Crippen LogP contribution in [0.1, 0.15) is 13.8 Å². The number of hydrogen-bond donors (Lipinski definition) is 1. The van der Waals surface area contributed by atoms with E-state index in [2.05, 4.69) is 25.8 Å². The molecule has 6 nitrogen and oxygen atoms in total. The molecule has 2 rings (SSSR count). The Morgan fingerprint density at radius 3 is 3.00 bits per heavy atom. The van der Waals surface area contributed by atoms with Crippen LogP contribution in [0.3, 0.4) is 0 Å². The summed E-state index contributed by atoms with van der Waals surface area (Å²) >= 11 is 5.82. The molecule has 0 aliphatic rings. The van der Waals surface area contributed by atoms with Gasteiger partial charge in [-0.1, -0.05) is 0 Å². The summed E-state index contributed by atoms with van der Waals surface area (Å²) < 4.78 is 1.58. The molecule has 2 aromatic rings. The van der Waals surface area contributed by atoms with E-state index in [0.717, 1.165) is 5.82 Å². The summed E-state index contributed by atoms with van der Waals surface area (Å²) in [5, 5.41) is 14.4. The Morgan fingerprint density at radius 2 is 2.27 bits per heavy atom. The highest BCUT2D eigenvalue weighted by Crippen LogP contribution is 2.15. The summed E-state index contributed by atoms with van der Waals surface area (Å²) in [6, 6.07) is 0. The molecule has 0 fully saturated rings. The smallest absolute Gasteiger partial charge is 0.199 e. The highest BCUT2D eigenvalue weighted by Gasteiger charge is 2.17. The predicted molar refractivity (Wildman–Crippen MR) is 57.0 cm³/mol. The molecule has 0 spiro atoms. The Labute approximate surface area is 91.6 Å². The first kappa shape index (κ1) is 10.1. The average Bonchev–Trinajstić information content (AvgIpc) is 2.66. The number of hydrogen-bond acceptors (Lipinski definition) is 5. The second kappa shape index (κ2) is 3.62. The van der Waals surface area contributed by atoms with E-state index in [1.807, 2.05) is 13.8 Å². The largest absolute Gasteiger partial charge is 0.363 e. The minimum absolute atomic E-state index is 0.233. The zero-order valence-electron chi connectivity index (χ0n) is 8.48. The molecule has 0 radical (unpaired) electrons. The molecule has 80 valence electrons. The maximum atomic E-state index is 5.82. The molecule has 0 aromatic carbocycles. The van der Waals surface area contributed by atoms with Gasteiger partial charge in [-0.15, -0.1) is 16.7 Å². The van der Waals surface area contributed by atoms with E-state index in [0.29, 0.717) is 11.5 Å². The van der Waals surface area contributed by atoms with Gasteiger partial charge < -0.3 is 5.32 Å². The number of tetrazole rings is 1. The van der Waals surface area contributed by atoms with Gasteiger partial charge >= 0.3 is 0 Å². The van der Waals surface area contributed by atoms with Gasteiger partial charge in [0.15, 0.2) is 11.5 Å². The SMILES string of the molecule is CC(C)(CCl)Nc1cncc2nnnn12. The van der Waals surface area contributed by atoms with Crippen LogP contribution in [0.25, 0.3) is 5.65 Å². The monoisotopic (exact) mass is 226 g/mol. The topological polar surface area (TPSA) is 68.0 Å². The fraction of sp³-hybridized carbons (Fsp3) is 0.500. The molecule has 15 heavy (non-hydrogen) atoms. The molecule has 2 aromatic heterocycles. The van der Waals surface area contributed by atoms with Gasteiger partial charge in [0, 0.05) is 11.4 Å². The van der Waals surface area contributed by atoms with E-state index >= 15 is 0 Å². The summed E-state index contributed by atoms with van der Waals surface area (Å²) in [6.07, 6.45) is 3.26. The van der Waals surface area contributed by atoms with Crippen molar-refractivity contribution in [3.8, 4) is 0 Å². The minimum atomic E-state index is -0.233. The fourth-order valence-electron chi connectivity index (χ4n) is 1.14. The maximum absolute atomic E-state index is 5.82. The van der Waals surface area contributed by atoms with Crippen LogP contribution in [-0.4, -0.2) is 36.4 Å². The second-order valence-corrected chi connectivity index (χ2v) is 4.15. The van der Waals surface area contributed by atoms with Crippen molar-refractivity contribution in [1.82, 2.24) is 25.0 Å². The van der Waals surface area contributed by atoms with Crippen molar-refractivity contribution in [2.45, 2.75) is 19.4 Å². The fourth-order valence-corrected chi connectivity index (χ4v) is 1.21. The van der Waals surface area contributed by atoms with E-state index in [9.17, 15) is 0 Å². The Hall–Kier alpha value is -1.43. The van der Waals surface area contributed by atoms with Gasteiger partial charge in [-0.3, -0.25) is 4.98 Å². The lowest BCUT2D eigenvalue weighted by Gasteiger charge is -2.24. The number of rotatable bonds is 3. The number of halogens is 1. The van der Waals surface area contributed by atoms with Gasteiger partial charge in [-0.05, 0) is 24.3 Å². The average molecular weight is 227 g/mol. The molecule has 1 N–H and O–H groups in total. The molecule has 0 atom stereocenters. The number of nitrogens with one attached hydrogen (secondary N) is 1. The highest BCUT2D eigenvalue weighted by molar-refractivity contribution is 6.18. The molecular formula is C8H11ClN6. The Morgan fingerprint density at radius 1 is 1.47 bits per heavy atom. The van der Waals surface area contributed by atoms with Crippen LogP contribution in [0.15, 0.2) is 12.4 Å². The summed E-state index contributed by atoms with van der Waals surface area (Å²) in [5.41, 5.74) is 0.370. The minimum Gasteiger partial charge on any atom is -0.363 e. The molecule has 0 saturated carbocycles. The molecule has 2 heterocycles. The van der Waals surface area contributed by atoms with Crippen molar-refractivity contribution in [3.05, 3.63) is 12.4 Å². The van der Waals surface area contributed by atoms with Crippen molar-refractivity contribution in [1.29, 1.82) is 0 Å². The van der Waals surface area contributed by atoms with Crippen LogP contribution >= 0.6 is 11.6 Å². The van der Waals surface area contributed by atoms with Crippen molar-refractivity contribution in [3.63, 3.8) is 0 Å². The summed E-state index contributed by atoms with van der Waals surface area (Å²) in [5.74, 6) is 1.20. The van der Waals surface area contributed by atoms with Crippen molar-refractivity contribution in [2.75, 3.05) is 11.2 Å². The maximum Gasteiger partial charge on any atom is 0.199 e. The number of aromatic nitrogens is 5. The zero-order valence-corrected chi connectivity index (χ0v) is 9.23. The zero-order chi connectivity index (χ0) is 10.9. The van der Waals surface area contributed by atoms with Gasteiger partial charge in [0.2, 0.25) is 0 Å². The van der Waals surface area contributed by atoms with Gasteiger partial charge in [0.05, 0.1) is 12.4 Å². The third-order valence-electron chi connectivity index (χ3n) is 1.91. The molecule has 0 bridgehead atoms. The van der Waals surface area contributed by atoms with Crippen LogP contribution < -0.4 is 5.32 Å². The first-order valence-corrected chi connectivity index (χ1v) is 5.02. The predicted octanol–water partition coefficient (Wildman–Crippen LogP) is 0.949. The standard InChI is InChI=1S/C8H11ClN6/c1-8(2,5-9)11-6-3-10-4-7-12-13-14-15(6)7/h3-4,11H,5H2,1-2H3. The van der Waals surface area contributed by atoms with E-state index in [1.165, 1.54) is 0 Å². The van der Waals surface area contributed by atoms with E-state index in [4.69, 9.17) is 11.6 Å². The molecule has 0 saturated heterocycles. The molecule has 0 amide bonds. The molecule has 0 unspecified atom stereocenters. The van der Waals surface area contributed by atoms with Gasteiger partial charge in [-0.2, -0.15) is 4.52 Å². The second-order valence-electron chi connectivity index (χ2n) is 3.88. The number of nitrogens with zero attached hydrogens (tertiary/aromatic N) is 5. The lowest BCUT2D eigenvalue weighted by molar-refractivity contribution is 0.630. The van der Waals surface area contributed by atoms with Gasteiger partial charge in [0.1, 0.15) is 0 Å². The third-order valence-corrected chi connectivity index (χ3v) is 2.58. The lowest BCUT2D eigenvalue weighted by Crippen LogP contribution is -2.33. The first-order chi connectivity index (χ1) is 7.12. The van der Waals surface area contributed by atoms with E-state index < -0.39 is 0 Å². The number of fused-ring (bicyclic) bond motifs is 1. The van der Waals surface area contributed by atoms with Gasteiger partial charge in [-0.25, -0.2) is 0 Å². The Balaban J connectivity index is 2.39. The van der Waals surface area contributed by atoms with Crippen LogP contribution in [0.4, 0.5) is 5.82 Å². The molecule has 0 aliphatic carbocycles. The lowest BCUT2D eigenvalue weighted by atomic mass is 10.1. The van der Waals surface area contributed by atoms with Gasteiger partial charge in [0.25, 0.3) is 0 Å². The van der Waals surface area contributed by atoms with Crippen LogP contribution in [0, 0.1) is 0 Å². The Bertz CT molecular complexity index is 465. The Kier molecular flexibility index (Phi) is 2.44. The molecule has 7 heteroatoms. The normalized spacial score (nSPS) is 11.9. The highest BCUT2D eigenvalue weighted by atomic mass is 35.5. The first-order valence-electron chi connectivity index (χ1n) is 4.49. The van der Waals surface area contributed by atoms with E-state index in [-0.39, 0.29) is 5.54 Å². The van der Waals surface area contributed by atoms with Crippen LogP contribution in [-0.2, 0) is 0 Å². The summed E-state index contributed by atoms with van der Waals surface area (Å²) in [6.45, 7) is 3.98. The van der Waals surface area contributed by atoms with E-state index in [1.54, 1.807) is 16.9 Å². The van der Waals surface area contributed by atoms with Crippen molar-refractivity contribution in [2.24, 2.45) is 0 Å². The van der Waals surface area contributed by atoms with Crippen LogP contribution in [0.2, 0.25) is 0 Å². The molecule has 0 aliphatic heterocycles. The third kappa shape index (κ3) is 1.99. The summed E-state index contributed by atoms with van der Waals surface area (Å²) in [4.78, 5) is 4.03. The summed E-state index contributed by atoms with van der Waals surface area (Å²) in [7, 11) is 0.